The average Bonchev–Trinajstić information content (AvgIpc) is 2.69. The molecule has 1 aromatic rings. The average molecular weight is 442 g/mol. The van der Waals surface area contributed by atoms with Crippen molar-refractivity contribution in [3.63, 3.8) is 0 Å². The monoisotopic (exact) mass is 442 g/mol. The van der Waals surface area contributed by atoms with Gasteiger partial charge in [-0.1, -0.05) is 0 Å². The first-order chi connectivity index (χ1) is 14.6. The Kier molecular flexibility index (Phi) is 10.4. The van der Waals surface area contributed by atoms with Gasteiger partial charge < -0.3 is 30.7 Å². The summed E-state index contributed by atoms with van der Waals surface area (Å²) in [5.41, 5.74) is 0.269. The Morgan fingerprint density at radius 1 is 0.935 bits per heavy atom. The van der Waals surface area contributed by atoms with Crippen LogP contribution in [0.2, 0.25) is 0 Å². The third kappa shape index (κ3) is 10.1. The Balaban J connectivity index is 2.41. The number of nitrogens with one attached hydrogen (secondary N) is 2. The number of rotatable bonds is 13. The van der Waals surface area contributed by atoms with Crippen LogP contribution >= 0.6 is 0 Å². The maximum atomic E-state index is 12.8. The van der Waals surface area contributed by atoms with Gasteiger partial charge in [0.05, 0.1) is 0 Å². The van der Waals surface area contributed by atoms with Crippen LogP contribution in [0.15, 0.2) is 24.3 Å². The number of hydrogen-bond acceptors (Lipinski definition) is 6. The zero-order valence-electron chi connectivity index (χ0n) is 16.4. The van der Waals surface area contributed by atoms with Gasteiger partial charge in [0.25, 0.3) is 5.91 Å². The number of carbonyl (C=O) groups is 5. The summed E-state index contributed by atoms with van der Waals surface area (Å²) in [6.07, 6.45) is -3.39. The van der Waals surface area contributed by atoms with E-state index in [0.29, 0.717) is 12.8 Å². The normalized spacial score (nSPS) is 12.3. The number of hydrogen-bond donors (Lipinski definition) is 5. The van der Waals surface area contributed by atoms with Crippen LogP contribution in [0.1, 0.15) is 42.5 Å². The molecule has 0 unspecified atom stereocenters. The second-order valence-electron chi connectivity index (χ2n) is 6.46. The zero-order valence-corrected chi connectivity index (χ0v) is 16.4. The molecular weight excluding hydrogens is 419 g/mol. The molecule has 0 saturated heterocycles. The molecule has 0 heterocycles. The first-order valence-electron chi connectivity index (χ1n) is 9.28. The Labute approximate surface area is 176 Å². The van der Waals surface area contributed by atoms with Crippen molar-refractivity contribution in [1.29, 1.82) is 0 Å². The van der Waals surface area contributed by atoms with Gasteiger partial charge in [0.1, 0.15) is 11.9 Å². The summed E-state index contributed by atoms with van der Waals surface area (Å²) in [7, 11) is 0. The fourth-order valence-corrected chi connectivity index (χ4v) is 2.43. The number of carboxylic acids is 3. The molecule has 170 valence electrons. The minimum atomic E-state index is -1.73. The summed E-state index contributed by atoms with van der Waals surface area (Å²) in [6.45, 7) is 0.212. The van der Waals surface area contributed by atoms with Crippen LogP contribution in [0.25, 0.3) is 0 Å². The molecule has 0 aromatic heterocycles. The molecule has 2 amide bonds. The summed E-state index contributed by atoms with van der Waals surface area (Å²) < 4.78 is 17.4. The molecule has 0 saturated carbocycles. The second kappa shape index (κ2) is 12.8. The Hall–Kier alpha value is -3.70. The summed E-state index contributed by atoms with van der Waals surface area (Å²) in [5, 5.41) is 31.3. The van der Waals surface area contributed by atoms with E-state index in [1.165, 1.54) is 12.1 Å². The van der Waals surface area contributed by atoms with Gasteiger partial charge in [0.2, 0.25) is 6.10 Å². The van der Waals surface area contributed by atoms with Crippen LogP contribution in [-0.2, 0) is 19.1 Å². The number of amides is 2. The van der Waals surface area contributed by atoms with Gasteiger partial charge >= 0.3 is 24.0 Å². The molecule has 1 aromatic carbocycles. The third-order valence-corrected chi connectivity index (χ3v) is 4.05. The van der Waals surface area contributed by atoms with Crippen molar-refractivity contribution in [3.05, 3.63) is 35.6 Å². The van der Waals surface area contributed by atoms with Crippen molar-refractivity contribution in [2.45, 2.75) is 44.2 Å². The molecule has 11 nitrogen and oxygen atoms in total. The van der Waals surface area contributed by atoms with Gasteiger partial charge in [-0.3, -0.25) is 9.59 Å². The number of unbranched alkanes of at least 4 members (excludes halogenated alkanes) is 1. The number of halogens is 1. The van der Waals surface area contributed by atoms with Crippen molar-refractivity contribution in [2.24, 2.45) is 0 Å². The highest BCUT2D eigenvalue weighted by Gasteiger charge is 2.26. The van der Waals surface area contributed by atoms with Crippen molar-refractivity contribution in [1.82, 2.24) is 10.6 Å². The van der Waals surface area contributed by atoms with E-state index >= 15 is 0 Å². The minimum absolute atomic E-state index is 0.0241. The van der Waals surface area contributed by atoms with Crippen molar-refractivity contribution in [3.8, 4) is 0 Å². The summed E-state index contributed by atoms with van der Waals surface area (Å²) >= 11 is 0. The van der Waals surface area contributed by atoms with Gasteiger partial charge in [-0.05, 0) is 43.5 Å². The van der Waals surface area contributed by atoms with Gasteiger partial charge in [0, 0.05) is 24.9 Å². The quantitative estimate of drug-likeness (QED) is 0.281. The Morgan fingerprint density at radius 2 is 1.58 bits per heavy atom. The lowest BCUT2D eigenvalue weighted by Gasteiger charge is -2.17. The molecule has 0 spiro atoms. The van der Waals surface area contributed by atoms with Crippen LogP contribution < -0.4 is 10.6 Å². The molecule has 2 atom stereocenters. The summed E-state index contributed by atoms with van der Waals surface area (Å²) in [6, 6.07) is 3.57. The summed E-state index contributed by atoms with van der Waals surface area (Å²) in [4.78, 5) is 56.5. The molecule has 0 aliphatic carbocycles. The molecule has 0 fully saturated rings. The molecule has 0 aliphatic heterocycles. The standard InChI is InChI=1S/C19H23FN2O9/c20-12-6-4-11(5-7-12)16(25)21-10-2-1-3-13(17(26)27)22-19(30)31-14(18(28)29)8-9-15(23)24/h4-7,13-14H,1-3,8-10H2,(H,21,25)(H,22,30)(H,23,24)(H,26,27)(H,28,29)/t13-,14-/m0/s1. The largest absolute Gasteiger partial charge is 0.481 e. The summed E-state index contributed by atoms with van der Waals surface area (Å²) in [5.74, 6) is -5.09. The molecule has 0 radical (unpaired) electrons. The molecular formula is C19H23FN2O9. The van der Waals surface area contributed by atoms with Crippen molar-refractivity contribution < 1.29 is 48.4 Å². The van der Waals surface area contributed by atoms with E-state index in [9.17, 15) is 33.5 Å². The number of carbonyl (C=O) groups excluding carboxylic acids is 2. The number of carboxylic acid groups (broad SMARTS) is 3. The topological polar surface area (TPSA) is 179 Å². The Morgan fingerprint density at radius 3 is 2.13 bits per heavy atom. The number of ether oxygens (including phenoxy) is 1. The SMILES string of the molecule is O=C(O)CC[C@H](OC(=O)N[C@@H](CCCCNC(=O)c1ccc(F)cc1)C(=O)O)C(=O)O. The van der Waals surface area contributed by atoms with E-state index in [2.05, 4.69) is 10.1 Å². The lowest BCUT2D eigenvalue weighted by Crippen LogP contribution is -2.43. The van der Waals surface area contributed by atoms with Crippen molar-refractivity contribution in [2.75, 3.05) is 6.54 Å². The van der Waals surface area contributed by atoms with Gasteiger partial charge in [-0.15, -0.1) is 0 Å². The number of aliphatic carboxylic acids is 3. The molecule has 0 bridgehead atoms. The Bertz CT molecular complexity index is 798. The lowest BCUT2D eigenvalue weighted by molar-refractivity contribution is -0.148. The number of alkyl carbamates (subject to hydrolysis) is 1. The third-order valence-electron chi connectivity index (χ3n) is 4.05. The fraction of sp³-hybridized carbons (Fsp3) is 0.421. The van der Waals surface area contributed by atoms with Gasteiger partial charge in [0.15, 0.2) is 0 Å². The van der Waals surface area contributed by atoms with Crippen LogP contribution in [0.3, 0.4) is 0 Å². The van der Waals surface area contributed by atoms with E-state index in [1.54, 1.807) is 0 Å². The number of benzene rings is 1. The second-order valence-corrected chi connectivity index (χ2v) is 6.46. The molecule has 12 heteroatoms. The smallest absolute Gasteiger partial charge is 0.408 e. The predicted octanol–water partition coefficient (Wildman–Crippen LogP) is 1.22. The van der Waals surface area contributed by atoms with Crippen LogP contribution in [-0.4, -0.2) is 63.9 Å². The van der Waals surface area contributed by atoms with Crippen LogP contribution in [0.4, 0.5) is 9.18 Å². The maximum Gasteiger partial charge on any atom is 0.408 e. The highest BCUT2D eigenvalue weighted by Crippen LogP contribution is 2.07. The highest BCUT2D eigenvalue weighted by atomic mass is 19.1. The molecule has 31 heavy (non-hydrogen) atoms. The first kappa shape index (κ1) is 25.3. The van der Waals surface area contributed by atoms with Gasteiger partial charge in [-0.2, -0.15) is 0 Å². The highest BCUT2D eigenvalue weighted by molar-refractivity contribution is 5.94. The van der Waals surface area contributed by atoms with Crippen molar-refractivity contribution >= 4 is 29.9 Å². The fourth-order valence-electron chi connectivity index (χ4n) is 2.43. The molecule has 1 rings (SSSR count). The maximum absolute atomic E-state index is 12.8. The zero-order chi connectivity index (χ0) is 23.4. The predicted molar refractivity (Wildman–Crippen MR) is 102 cm³/mol. The molecule has 5 N–H and O–H groups in total. The van der Waals surface area contributed by atoms with E-state index < -0.39 is 60.7 Å². The van der Waals surface area contributed by atoms with Gasteiger partial charge in [-0.25, -0.2) is 18.8 Å². The van der Waals surface area contributed by atoms with E-state index in [1.807, 2.05) is 5.32 Å². The molecule has 0 aliphatic rings. The first-order valence-corrected chi connectivity index (χ1v) is 9.28. The van der Waals surface area contributed by atoms with E-state index in [-0.39, 0.29) is 18.5 Å². The lowest BCUT2D eigenvalue weighted by atomic mass is 10.1. The van der Waals surface area contributed by atoms with Crippen LogP contribution in [0.5, 0.6) is 0 Å². The van der Waals surface area contributed by atoms with Crippen LogP contribution in [0, 0.1) is 5.82 Å². The van der Waals surface area contributed by atoms with E-state index in [0.717, 1.165) is 12.1 Å². The van der Waals surface area contributed by atoms with E-state index in [4.69, 9.17) is 10.2 Å². The minimum Gasteiger partial charge on any atom is -0.481 e.